The Morgan fingerprint density at radius 3 is 2.54 bits per heavy atom. The molecule has 7 heteroatoms. The fraction of sp³-hybridized carbons (Fsp3) is 0.789. The van der Waals surface area contributed by atoms with E-state index in [1.807, 2.05) is 13.0 Å². The number of hydrogen-bond donors (Lipinski definition) is 1. The van der Waals surface area contributed by atoms with E-state index in [-0.39, 0.29) is 24.0 Å². The molecule has 1 N–H and O–H groups in total. The summed E-state index contributed by atoms with van der Waals surface area (Å²) < 4.78 is 5.17. The number of aliphatic imine (C=N–C) groups is 1. The van der Waals surface area contributed by atoms with Crippen LogP contribution in [0.2, 0.25) is 0 Å². The summed E-state index contributed by atoms with van der Waals surface area (Å²) in [5, 5.41) is 7.60. The first-order valence-corrected chi connectivity index (χ1v) is 9.76. The van der Waals surface area contributed by atoms with Crippen molar-refractivity contribution in [1.82, 2.24) is 20.3 Å². The van der Waals surface area contributed by atoms with E-state index in [1.54, 1.807) is 0 Å². The molecule has 1 aromatic heterocycles. The van der Waals surface area contributed by atoms with Crippen LogP contribution < -0.4 is 5.32 Å². The lowest BCUT2D eigenvalue weighted by Crippen LogP contribution is -2.52. The Bertz CT molecular complexity index is 574. The molecule has 1 aliphatic carbocycles. The van der Waals surface area contributed by atoms with Crippen LogP contribution in [0.5, 0.6) is 0 Å². The summed E-state index contributed by atoms with van der Waals surface area (Å²) in [6.45, 7) is 13.3. The lowest BCUT2D eigenvalue weighted by Gasteiger charge is -2.36. The molecule has 1 aliphatic heterocycles. The smallest absolute Gasteiger partial charge is 0.194 e. The maximum absolute atomic E-state index is 5.17. The number of aromatic nitrogens is 1. The largest absolute Gasteiger partial charge is 0.361 e. The van der Waals surface area contributed by atoms with Crippen molar-refractivity contribution in [3.8, 4) is 0 Å². The fourth-order valence-electron chi connectivity index (χ4n) is 3.92. The van der Waals surface area contributed by atoms with Crippen LogP contribution in [-0.4, -0.2) is 60.2 Å². The molecule has 148 valence electrons. The minimum absolute atomic E-state index is 0. The Balaban J connectivity index is 0.00000243. The molecule has 0 atom stereocenters. The van der Waals surface area contributed by atoms with Gasteiger partial charge in [-0.2, -0.15) is 0 Å². The summed E-state index contributed by atoms with van der Waals surface area (Å²) >= 11 is 0. The van der Waals surface area contributed by atoms with Gasteiger partial charge in [0.15, 0.2) is 5.96 Å². The van der Waals surface area contributed by atoms with Gasteiger partial charge in [-0.25, -0.2) is 0 Å². The van der Waals surface area contributed by atoms with Crippen LogP contribution >= 0.6 is 24.0 Å². The third-order valence-corrected chi connectivity index (χ3v) is 5.49. The molecule has 1 aromatic rings. The molecule has 2 heterocycles. The third kappa shape index (κ3) is 5.84. The van der Waals surface area contributed by atoms with Crippen molar-refractivity contribution in [3.05, 3.63) is 17.5 Å². The Hall–Kier alpha value is -0.830. The molecule has 0 unspecified atom stereocenters. The van der Waals surface area contributed by atoms with Crippen molar-refractivity contribution >= 4 is 29.9 Å². The third-order valence-electron chi connectivity index (χ3n) is 5.49. The highest BCUT2D eigenvalue weighted by molar-refractivity contribution is 14.0. The van der Waals surface area contributed by atoms with Crippen LogP contribution in [0.3, 0.4) is 0 Å². The lowest BCUT2D eigenvalue weighted by atomic mass is 9.89. The van der Waals surface area contributed by atoms with E-state index in [2.05, 4.69) is 34.1 Å². The molecular weight excluding hydrogens is 441 g/mol. The first kappa shape index (κ1) is 21.5. The summed E-state index contributed by atoms with van der Waals surface area (Å²) in [7, 11) is 0. The van der Waals surface area contributed by atoms with E-state index in [4.69, 9.17) is 9.52 Å². The maximum Gasteiger partial charge on any atom is 0.194 e. The molecule has 26 heavy (non-hydrogen) atoms. The molecule has 1 saturated heterocycles. The van der Waals surface area contributed by atoms with Gasteiger partial charge in [-0.15, -0.1) is 24.0 Å². The lowest BCUT2D eigenvalue weighted by molar-refractivity contribution is 0.168. The SMILES string of the molecule is CCNC(=NCC1(C)CCCC1)N1CCN(Cc2cc(C)on2)CC1.I. The van der Waals surface area contributed by atoms with Gasteiger partial charge in [0.05, 0.1) is 5.69 Å². The average molecular weight is 475 g/mol. The van der Waals surface area contributed by atoms with Gasteiger partial charge in [-0.1, -0.05) is 24.9 Å². The van der Waals surface area contributed by atoms with Gasteiger partial charge in [0.25, 0.3) is 0 Å². The number of hydrogen-bond acceptors (Lipinski definition) is 4. The Morgan fingerprint density at radius 1 is 1.27 bits per heavy atom. The molecule has 6 nitrogen and oxygen atoms in total. The second kappa shape index (κ2) is 9.92. The monoisotopic (exact) mass is 475 g/mol. The highest BCUT2D eigenvalue weighted by Gasteiger charge is 2.29. The van der Waals surface area contributed by atoms with Crippen LogP contribution in [0, 0.1) is 12.3 Å². The van der Waals surface area contributed by atoms with Crippen LogP contribution in [-0.2, 0) is 6.54 Å². The molecular formula is C19H34IN5O. The minimum Gasteiger partial charge on any atom is -0.361 e. The molecule has 0 amide bonds. The molecule has 0 aromatic carbocycles. The Kier molecular flexibility index (Phi) is 8.19. The molecule has 0 bridgehead atoms. The van der Waals surface area contributed by atoms with Crippen molar-refractivity contribution in [3.63, 3.8) is 0 Å². The first-order chi connectivity index (χ1) is 12.1. The van der Waals surface area contributed by atoms with Gasteiger partial charge < -0.3 is 14.7 Å². The molecule has 2 aliphatic rings. The van der Waals surface area contributed by atoms with Crippen molar-refractivity contribution < 1.29 is 4.52 Å². The highest BCUT2D eigenvalue weighted by atomic mass is 127. The van der Waals surface area contributed by atoms with Crippen molar-refractivity contribution in [2.75, 3.05) is 39.3 Å². The minimum atomic E-state index is 0. The van der Waals surface area contributed by atoms with Gasteiger partial charge in [-0.05, 0) is 32.1 Å². The fourth-order valence-corrected chi connectivity index (χ4v) is 3.92. The summed E-state index contributed by atoms with van der Waals surface area (Å²) in [4.78, 5) is 9.84. The highest BCUT2D eigenvalue weighted by Crippen LogP contribution is 2.37. The van der Waals surface area contributed by atoms with Gasteiger partial charge in [-0.3, -0.25) is 9.89 Å². The Morgan fingerprint density at radius 2 is 1.96 bits per heavy atom. The van der Waals surface area contributed by atoms with E-state index >= 15 is 0 Å². The predicted molar refractivity (Wildman–Crippen MR) is 116 cm³/mol. The zero-order valence-corrected chi connectivity index (χ0v) is 18.8. The van der Waals surface area contributed by atoms with Crippen LogP contribution in [0.25, 0.3) is 0 Å². The summed E-state index contributed by atoms with van der Waals surface area (Å²) in [6.07, 6.45) is 5.37. The summed E-state index contributed by atoms with van der Waals surface area (Å²) in [6, 6.07) is 2.03. The number of nitrogens with one attached hydrogen (secondary N) is 1. The zero-order chi connectivity index (χ0) is 17.7. The van der Waals surface area contributed by atoms with Crippen LogP contribution in [0.4, 0.5) is 0 Å². The standard InChI is InChI=1S/C19H33N5O.HI/c1-4-20-18(21-15-19(3)7-5-6-8-19)24-11-9-23(10-12-24)14-17-13-16(2)25-22-17;/h13H,4-12,14-15H2,1-3H3,(H,20,21);1H. The summed E-state index contributed by atoms with van der Waals surface area (Å²) in [5.74, 6) is 1.98. The van der Waals surface area contributed by atoms with Gasteiger partial charge >= 0.3 is 0 Å². The van der Waals surface area contributed by atoms with Gasteiger partial charge in [0.2, 0.25) is 0 Å². The average Bonchev–Trinajstić information content (AvgIpc) is 3.21. The van der Waals surface area contributed by atoms with E-state index < -0.39 is 0 Å². The molecule has 1 saturated carbocycles. The maximum atomic E-state index is 5.17. The molecule has 0 spiro atoms. The second-order valence-corrected chi connectivity index (χ2v) is 7.88. The van der Waals surface area contributed by atoms with E-state index in [1.165, 1.54) is 25.7 Å². The van der Waals surface area contributed by atoms with Crippen molar-refractivity contribution in [2.45, 2.75) is 53.0 Å². The summed E-state index contributed by atoms with van der Waals surface area (Å²) in [5.41, 5.74) is 1.44. The second-order valence-electron chi connectivity index (χ2n) is 7.88. The zero-order valence-electron chi connectivity index (χ0n) is 16.5. The van der Waals surface area contributed by atoms with E-state index in [0.717, 1.165) is 63.2 Å². The predicted octanol–water partition coefficient (Wildman–Crippen LogP) is 3.26. The molecule has 3 rings (SSSR count). The number of guanidine groups is 1. The number of aryl methyl sites for hydroxylation is 1. The van der Waals surface area contributed by atoms with Crippen LogP contribution in [0.1, 0.15) is 51.0 Å². The van der Waals surface area contributed by atoms with E-state index in [9.17, 15) is 0 Å². The molecule has 0 radical (unpaired) electrons. The number of halogens is 1. The quantitative estimate of drug-likeness (QED) is 0.403. The number of piperazine rings is 1. The Labute approximate surface area is 174 Å². The van der Waals surface area contributed by atoms with Crippen LogP contribution in [0.15, 0.2) is 15.6 Å². The normalized spacial score (nSPS) is 20.9. The van der Waals surface area contributed by atoms with E-state index in [0.29, 0.717) is 5.41 Å². The number of rotatable bonds is 5. The van der Waals surface area contributed by atoms with Crippen molar-refractivity contribution in [2.24, 2.45) is 10.4 Å². The number of nitrogens with zero attached hydrogens (tertiary/aromatic N) is 4. The van der Waals surface area contributed by atoms with Gasteiger partial charge in [0.1, 0.15) is 5.76 Å². The topological polar surface area (TPSA) is 56.9 Å². The first-order valence-electron chi connectivity index (χ1n) is 9.76. The van der Waals surface area contributed by atoms with Crippen molar-refractivity contribution in [1.29, 1.82) is 0 Å². The molecule has 2 fully saturated rings. The van der Waals surface area contributed by atoms with Gasteiger partial charge in [0, 0.05) is 51.9 Å².